The predicted molar refractivity (Wildman–Crippen MR) is 278 cm³/mol. The van der Waals surface area contributed by atoms with Gasteiger partial charge in [0, 0.05) is 65.0 Å². The molecule has 0 aromatic rings. The average Bonchev–Trinajstić information content (AvgIpc) is 3.34. The molecule has 1 saturated carbocycles. The zero-order valence-corrected chi connectivity index (χ0v) is 45.6. The van der Waals surface area contributed by atoms with E-state index in [0.717, 1.165) is 30.4 Å². The molecule has 14 unspecified atom stereocenters. The third-order valence-electron chi connectivity index (χ3n) is 15.4. The van der Waals surface area contributed by atoms with Crippen LogP contribution in [0.2, 0.25) is 0 Å². The first-order valence-corrected chi connectivity index (χ1v) is 26.8. The number of nitrogens with zero attached hydrogens (tertiary/aromatic N) is 4. The highest BCUT2D eigenvalue weighted by atomic mass is 127. The Morgan fingerprint density at radius 1 is 0.900 bits per heavy atom. The molecule has 15 nitrogen and oxygen atoms in total. The van der Waals surface area contributed by atoms with Gasteiger partial charge < -0.3 is 44.2 Å². The molecule has 4 rings (SSSR count). The summed E-state index contributed by atoms with van der Waals surface area (Å²) in [4.78, 5) is 72.0. The van der Waals surface area contributed by atoms with Crippen LogP contribution in [-0.2, 0) is 47.7 Å². The molecule has 392 valence electrons. The van der Waals surface area contributed by atoms with Crippen molar-refractivity contribution in [3.8, 4) is 0 Å². The van der Waals surface area contributed by atoms with Crippen molar-refractivity contribution in [3.05, 3.63) is 53.0 Å². The van der Waals surface area contributed by atoms with E-state index in [0.29, 0.717) is 64.1 Å². The second kappa shape index (κ2) is 28.8. The van der Waals surface area contributed by atoms with Crippen LogP contribution in [0, 0.1) is 35.5 Å². The number of carbonyl (C=O) groups is 5. The van der Waals surface area contributed by atoms with E-state index in [9.17, 15) is 29.1 Å². The van der Waals surface area contributed by atoms with Crippen molar-refractivity contribution < 1.29 is 52.8 Å². The van der Waals surface area contributed by atoms with Crippen LogP contribution in [0.5, 0.6) is 0 Å². The number of piperidine rings is 1. The van der Waals surface area contributed by atoms with E-state index in [1.165, 1.54) is 12.0 Å². The van der Waals surface area contributed by atoms with E-state index in [2.05, 4.69) is 52.7 Å². The number of hydrogen-bond acceptors (Lipinski definition) is 12. The van der Waals surface area contributed by atoms with E-state index in [-0.39, 0.29) is 72.7 Å². The van der Waals surface area contributed by atoms with Gasteiger partial charge >= 0.3 is 5.97 Å². The number of fused-ring (bicyclic) bond motifs is 3. The number of hydrogen-bond donors (Lipinski definition) is 1. The molecular formula is C54H82IN4O11-. The minimum Gasteiger partial charge on any atom is -0.471 e. The Balaban J connectivity index is 1.65. The number of halogens is 1. The zero-order chi connectivity index (χ0) is 51.7. The minimum atomic E-state index is -2.41. The molecule has 2 bridgehead atoms. The van der Waals surface area contributed by atoms with E-state index >= 15 is 0 Å². The first kappa shape index (κ1) is 59.3. The summed E-state index contributed by atoms with van der Waals surface area (Å²) in [7, 11) is 4.83. The Morgan fingerprint density at radius 2 is 1.63 bits per heavy atom. The topological polar surface area (TPSA) is 202 Å². The smallest absolute Gasteiger partial charge is 0.329 e. The molecular weight excluding hydrogens is 1010 g/mol. The zero-order valence-electron chi connectivity index (χ0n) is 43.4. The van der Waals surface area contributed by atoms with Gasteiger partial charge in [0.05, 0.1) is 22.2 Å². The number of aliphatic hydroxyl groups is 1. The van der Waals surface area contributed by atoms with E-state index in [1.54, 1.807) is 21.1 Å². The van der Waals surface area contributed by atoms with Crippen LogP contribution in [0.1, 0.15) is 138 Å². The third kappa shape index (κ3) is 16.6. The Labute approximate surface area is 431 Å². The number of cyclic esters (lactones) is 1. The highest BCUT2D eigenvalue weighted by Crippen LogP contribution is 2.40. The van der Waals surface area contributed by atoms with Crippen LogP contribution >= 0.6 is 22.6 Å². The Bertz CT molecular complexity index is 1940. The second-order valence-corrected chi connectivity index (χ2v) is 22.0. The highest BCUT2D eigenvalue weighted by Gasteiger charge is 2.53. The van der Waals surface area contributed by atoms with E-state index < -0.39 is 63.7 Å². The molecule has 1 N–H and O–H groups in total. The van der Waals surface area contributed by atoms with Gasteiger partial charge in [-0.15, -0.1) is 0 Å². The van der Waals surface area contributed by atoms with Crippen LogP contribution in [0.4, 0.5) is 0 Å². The van der Waals surface area contributed by atoms with Gasteiger partial charge in [-0.25, -0.2) is 4.79 Å². The molecule has 16 heteroatoms. The lowest BCUT2D eigenvalue weighted by molar-refractivity contribution is -0.265. The lowest BCUT2D eigenvalue weighted by Crippen LogP contribution is -2.60. The molecule has 70 heavy (non-hydrogen) atoms. The molecule has 3 fully saturated rings. The Hall–Kier alpha value is -3.29. The number of rotatable bonds is 10. The number of carbonyl (C=O) groups excluding carboxylic acids is 5. The van der Waals surface area contributed by atoms with Crippen molar-refractivity contribution >= 4 is 58.2 Å². The maximum absolute atomic E-state index is 14.4. The van der Waals surface area contributed by atoms with Crippen LogP contribution in [0.25, 0.3) is 5.41 Å². The van der Waals surface area contributed by atoms with Crippen LogP contribution in [0.3, 0.4) is 0 Å². The lowest BCUT2D eigenvalue weighted by atomic mass is 9.71. The summed E-state index contributed by atoms with van der Waals surface area (Å²) < 4.78 is 29.5. The molecule has 4 aliphatic rings. The summed E-state index contributed by atoms with van der Waals surface area (Å²) in [5.41, 5.74) is 1.72. The van der Waals surface area contributed by atoms with Crippen molar-refractivity contribution in [1.29, 1.82) is 0 Å². The number of methoxy groups -OCH3 is 3. The van der Waals surface area contributed by atoms with Crippen LogP contribution in [-0.4, -0.2) is 126 Å². The van der Waals surface area contributed by atoms with Gasteiger partial charge in [-0.05, 0) is 121 Å². The SMILES string of the molecule is COC1C/C(C)=C/C(I)C(=O)CC(CCC2CCC([C@@H](C)C(C)N=NC=[N-])C(OC)C2)OC(=O)C2CCCCN2C(=O)C(=O)C2(O)OC(CCC2C)CC(OC)/C(C)=C/C=C/C=C/C(C)CC(C)C1=O. The fourth-order valence-electron chi connectivity index (χ4n) is 10.8. The molecule has 0 radical (unpaired) electrons. The summed E-state index contributed by atoms with van der Waals surface area (Å²) in [6.45, 7) is 13.7. The van der Waals surface area contributed by atoms with Crippen molar-refractivity contribution in [3.63, 3.8) is 0 Å². The maximum Gasteiger partial charge on any atom is 0.329 e. The first-order valence-electron chi connectivity index (χ1n) is 25.6. The fourth-order valence-corrected chi connectivity index (χ4v) is 11.7. The van der Waals surface area contributed by atoms with Gasteiger partial charge in [-0.1, -0.05) is 98.7 Å². The predicted octanol–water partition coefficient (Wildman–Crippen LogP) is 9.46. The molecule has 3 aliphatic heterocycles. The van der Waals surface area contributed by atoms with Gasteiger partial charge in [0.15, 0.2) is 11.6 Å². The standard InChI is InChI=1S/C54H82IN4O11/c1-33-16-12-11-13-17-35(3)47(66-8)31-42-22-19-37(5)54(65,70-42)51(62)52(63)59-25-15-14-18-45(59)53(64)69-41(30-46(60)44(55)27-34(2)28-49(68-10)50(61)36(4)26-33)23-20-40-21-24-43(48(29-40)67-9)38(6)39(7)58-57-32-56/h11-13,16-17,27,32-33,36-45,47-49,65H,14-15,18-26,28-31H2,1-10H3/q-1/b13-11+,16-12+,34-27+,35-17+,58-57?/t33?,36?,37?,38-,39?,40?,41?,42?,43?,44?,45?,47?,48?,49?,54?/m0/s1. The van der Waals surface area contributed by atoms with E-state index in [1.807, 2.05) is 58.1 Å². The highest BCUT2D eigenvalue weighted by molar-refractivity contribution is 14.1. The molecule has 15 atom stereocenters. The summed E-state index contributed by atoms with van der Waals surface area (Å²) in [6.07, 6.45) is 16.9. The molecule has 0 aromatic heterocycles. The normalized spacial score (nSPS) is 37.8. The van der Waals surface area contributed by atoms with Gasteiger partial charge in [0.2, 0.25) is 5.79 Å². The van der Waals surface area contributed by atoms with Crippen molar-refractivity contribution in [1.82, 2.24) is 4.90 Å². The van der Waals surface area contributed by atoms with E-state index in [4.69, 9.17) is 29.1 Å². The molecule has 1 aliphatic carbocycles. The number of esters is 1. The maximum atomic E-state index is 14.4. The summed E-state index contributed by atoms with van der Waals surface area (Å²) >= 11 is 2.09. The largest absolute Gasteiger partial charge is 0.471 e. The van der Waals surface area contributed by atoms with Gasteiger partial charge in [-0.3, -0.25) is 24.3 Å². The number of amides is 1. The fraction of sp³-hybridized carbons (Fsp3) is 0.741. The monoisotopic (exact) mass is 1090 g/mol. The number of alkyl halides is 1. The lowest BCUT2D eigenvalue weighted by Gasteiger charge is -2.42. The van der Waals surface area contributed by atoms with Crippen molar-refractivity contribution in [2.24, 2.45) is 45.7 Å². The molecule has 2 saturated heterocycles. The summed E-state index contributed by atoms with van der Waals surface area (Å²) in [5, 5.41) is 28.9. The number of azo groups is 1. The van der Waals surface area contributed by atoms with Gasteiger partial charge in [-0.2, -0.15) is 0 Å². The summed E-state index contributed by atoms with van der Waals surface area (Å²) in [5.74, 6) is -5.69. The quantitative estimate of drug-likeness (QED) is 0.0319. The van der Waals surface area contributed by atoms with Gasteiger partial charge in [0.1, 0.15) is 18.2 Å². The third-order valence-corrected chi connectivity index (χ3v) is 16.5. The summed E-state index contributed by atoms with van der Waals surface area (Å²) in [6, 6.07) is -1.23. The van der Waals surface area contributed by atoms with Crippen molar-refractivity contribution in [2.75, 3.05) is 27.9 Å². The number of ether oxygens (including phenoxy) is 5. The number of allylic oxidation sites excluding steroid dienone is 6. The molecule has 3 heterocycles. The Kier molecular flexibility index (Phi) is 24.4. The number of Topliss-reactive ketones (excluding diaryl/α,β-unsaturated/α-hetero) is 3. The van der Waals surface area contributed by atoms with Crippen LogP contribution < -0.4 is 0 Å². The average molecular weight is 1090 g/mol. The first-order chi connectivity index (χ1) is 33.3. The van der Waals surface area contributed by atoms with Crippen molar-refractivity contribution in [2.45, 2.75) is 191 Å². The number of ketones is 3. The van der Waals surface area contributed by atoms with Crippen LogP contribution in [0.15, 0.2) is 57.8 Å². The minimum absolute atomic E-state index is 0.00571. The molecule has 1 amide bonds. The molecule has 0 aromatic carbocycles. The molecule has 0 spiro atoms. The van der Waals surface area contributed by atoms with Gasteiger partial charge in [0.25, 0.3) is 11.7 Å². The second-order valence-electron chi connectivity index (χ2n) is 20.6. The Morgan fingerprint density at radius 3 is 2.31 bits per heavy atom.